The van der Waals surface area contributed by atoms with Crippen molar-refractivity contribution in [3.05, 3.63) is 83.4 Å². The molecule has 2 N–H and O–H groups in total. The zero-order valence-electron chi connectivity index (χ0n) is 26.9. The normalized spacial score (nSPS) is 19.0. The van der Waals surface area contributed by atoms with Crippen molar-refractivity contribution in [3.8, 4) is 11.5 Å². The van der Waals surface area contributed by atoms with Crippen LogP contribution in [0.1, 0.15) is 56.2 Å². The summed E-state index contributed by atoms with van der Waals surface area (Å²) in [6.45, 7) is 4.38. The van der Waals surface area contributed by atoms with Crippen LogP contribution in [0.25, 0.3) is 0 Å². The molecule has 0 unspecified atom stereocenters. The van der Waals surface area contributed by atoms with Gasteiger partial charge in [0.1, 0.15) is 23.6 Å². The lowest BCUT2D eigenvalue weighted by Gasteiger charge is -2.39. The standard InChI is InChI=1S/C33H40N2O10S2/c1-6-21(3)30(32(36)37)34(46(40,41)26-15-12-24(44-4)13-16-26)19-22-10-8-9-11-23(22)20-35-31(33(38)39)27(7-2)28-18-25(45-5)14-17-29(28)47(35,42)43/h8-18,21,27,30-31H,6-7,19-20H2,1-5H3,(H,36,37)(H,38,39)/t21-,27+,30-,31-/m0/s1. The van der Waals surface area contributed by atoms with Gasteiger partial charge in [-0.2, -0.15) is 8.61 Å². The monoisotopic (exact) mass is 688 g/mol. The first-order valence-corrected chi connectivity index (χ1v) is 18.0. The van der Waals surface area contributed by atoms with E-state index in [1.165, 1.54) is 50.6 Å². The number of carbonyl (C=O) groups is 2. The van der Waals surface area contributed by atoms with Crippen molar-refractivity contribution in [3.63, 3.8) is 0 Å². The first-order chi connectivity index (χ1) is 22.2. The molecule has 0 bridgehead atoms. The highest BCUT2D eigenvalue weighted by molar-refractivity contribution is 7.89. The summed E-state index contributed by atoms with van der Waals surface area (Å²) in [6, 6.07) is 13.5. The molecule has 0 spiro atoms. The molecule has 0 radical (unpaired) electrons. The maximum Gasteiger partial charge on any atom is 0.322 e. The van der Waals surface area contributed by atoms with E-state index in [4.69, 9.17) is 9.47 Å². The van der Waals surface area contributed by atoms with E-state index >= 15 is 0 Å². The molecular formula is C33H40N2O10S2. The highest BCUT2D eigenvalue weighted by atomic mass is 32.2. The van der Waals surface area contributed by atoms with Crippen LogP contribution >= 0.6 is 0 Å². The molecule has 14 heteroatoms. The van der Waals surface area contributed by atoms with Gasteiger partial charge in [0.25, 0.3) is 0 Å². The third kappa shape index (κ3) is 7.00. The van der Waals surface area contributed by atoms with Crippen molar-refractivity contribution in [2.45, 2.75) is 74.5 Å². The molecule has 1 aliphatic heterocycles. The molecule has 12 nitrogen and oxygen atoms in total. The fourth-order valence-corrected chi connectivity index (χ4v) is 9.54. The van der Waals surface area contributed by atoms with Crippen LogP contribution in [0.15, 0.2) is 76.5 Å². The summed E-state index contributed by atoms with van der Waals surface area (Å²) in [4.78, 5) is 25.2. The predicted octanol–water partition coefficient (Wildman–Crippen LogP) is 4.55. The van der Waals surface area contributed by atoms with E-state index in [0.29, 0.717) is 41.0 Å². The molecule has 0 aromatic heterocycles. The van der Waals surface area contributed by atoms with Gasteiger partial charge >= 0.3 is 11.9 Å². The summed E-state index contributed by atoms with van der Waals surface area (Å²) in [7, 11) is -5.90. The molecule has 254 valence electrons. The maximum atomic E-state index is 14.1. The predicted molar refractivity (Wildman–Crippen MR) is 173 cm³/mol. The van der Waals surface area contributed by atoms with E-state index < -0.39 is 69.0 Å². The highest BCUT2D eigenvalue weighted by Gasteiger charge is 2.48. The lowest BCUT2D eigenvalue weighted by molar-refractivity contribution is -0.144. The van der Waals surface area contributed by atoms with E-state index in [2.05, 4.69) is 0 Å². The van der Waals surface area contributed by atoms with Gasteiger partial charge in [-0.25, -0.2) is 16.8 Å². The quantitative estimate of drug-likeness (QED) is 0.245. The van der Waals surface area contributed by atoms with Gasteiger partial charge in [-0.1, -0.05) is 51.5 Å². The number of methoxy groups -OCH3 is 2. The van der Waals surface area contributed by atoms with Gasteiger partial charge in [-0.3, -0.25) is 9.59 Å². The van der Waals surface area contributed by atoms with Crippen LogP contribution in [-0.4, -0.2) is 73.9 Å². The first-order valence-electron chi connectivity index (χ1n) is 15.1. The molecule has 0 aliphatic carbocycles. The second kappa shape index (κ2) is 14.4. The van der Waals surface area contributed by atoms with Crippen LogP contribution < -0.4 is 9.47 Å². The van der Waals surface area contributed by atoms with E-state index in [1.807, 2.05) is 0 Å². The molecule has 3 aromatic rings. The summed E-state index contributed by atoms with van der Waals surface area (Å²) in [5, 5.41) is 20.7. The van der Waals surface area contributed by atoms with Crippen LogP contribution in [0.3, 0.4) is 0 Å². The Morgan fingerprint density at radius 3 is 2.06 bits per heavy atom. The van der Waals surface area contributed by atoms with Crippen LogP contribution in [0, 0.1) is 5.92 Å². The van der Waals surface area contributed by atoms with Crippen LogP contribution in [0.2, 0.25) is 0 Å². The van der Waals surface area contributed by atoms with Crippen molar-refractivity contribution in [2.75, 3.05) is 14.2 Å². The number of carboxylic acid groups (broad SMARTS) is 2. The zero-order chi connectivity index (χ0) is 34.7. The summed E-state index contributed by atoms with van der Waals surface area (Å²) < 4.78 is 68.7. The molecule has 47 heavy (non-hydrogen) atoms. The Labute approximate surface area is 275 Å². The van der Waals surface area contributed by atoms with Crippen molar-refractivity contribution in [1.82, 2.24) is 8.61 Å². The fourth-order valence-electron chi connectivity index (χ4n) is 6.04. The Hall–Kier alpha value is -3.98. The molecule has 4 atom stereocenters. The van der Waals surface area contributed by atoms with Gasteiger partial charge in [0.05, 0.1) is 24.0 Å². The Bertz CT molecular complexity index is 1830. The van der Waals surface area contributed by atoms with Crippen LogP contribution in [0.4, 0.5) is 0 Å². The fraction of sp³-hybridized carbons (Fsp3) is 0.394. The number of nitrogens with zero attached hydrogens (tertiary/aromatic N) is 2. The van der Waals surface area contributed by atoms with E-state index in [1.54, 1.807) is 51.1 Å². The Kier molecular flexibility index (Phi) is 11.0. The second-order valence-electron chi connectivity index (χ2n) is 11.4. The molecule has 3 aromatic carbocycles. The Morgan fingerprint density at radius 2 is 1.53 bits per heavy atom. The largest absolute Gasteiger partial charge is 0.497 e. The average molecular weight is 689 g/mol. The SMILES string of the molecule is CC[C@@H]1c2cc(OC)ccc2S(=O)(=O)N(Cc2ccccc2CN([C@H](C(=O)O)[C@@H](C)CC)S(=O)(=O)c2ccc(OC)cc2)[C@@H]1C(=O)O. The molecular weight excluding hydrogens is 649 g/mol. The molecule has 4 rings (SSSR count). The number of carboxylic acids is 2. The topological polar surface area (TPSA) is 168 Å². The number of rotatable bonds is 14. The van der Waals surface area contributed by atoms with E-state index in [-0.39, 0.29) is 9.79 Å². The van der Waals surface area contributed by atoms with Gasteiger partial charge in [-0.15, -0.1) is 0 Å². The van der Waals surface area contributed by atoms with Crippen LogP contribution in [-0.2, 0) is 42.7 Å². The van der Waals surface area contributed by atoms with Crippen molar-refractivity contribution < 1.29 is 46.1 Å². The van der Waals surface area contributed by atoms with Crippen molar-refractivity contribution >= 4 is 32.0 Å². The number of fused-ring (bicyclic) bond motifs is 1. The Balaban J connectivity index is 1.84. The number of benzene rings is 3. The van der Waals surface area contributed by atoms with E-state index in [0.717, 1.165) is 8.61 Å². The van der Waals surface area contributed by atoms with Gasteiger partial charge in [0.15, 0.2) is 0 Å². The zero-order valence-corrected chi connectivity index (χ0v) is 28.5. The molecule has 0 fully saturated rings. The second-order valence-corrected chi connectivity index (χ2v) is 15.2. The number of sulfonamides is 2. The third-order valence-corrected chi connectivity index (χ3v) is 12.5. The highest BCUT2D eigenvalue weighted by Crippen LogP contribution is 2.42. The number of hydrogen-bond acceptors (Lipinski definition) is 8. The minimum atomic E-state index is -4.42. The number of ether oxygens (including phenoxy) is 2. The number of hydrogen-bond donors (Lipinski definition) is 2. The van der Waals surface area contributed by atoms with Crippen LogP contribution in [0.5, 0.6) is 11.5 Å². The summed E-state index contributed by atoms with van der Waals surface area (Å²) in [6.07, 6.45) is 0.677. The van der Waals surface area contributed by atoms with Gasteiger partial charge < -0.3 is 19.7 Å². The molecule has 0 saturated carbocycles. The van der Waals surface area contributed by atoms with E-state index in [9.17, 15) is 36.6 Å². The molecule has 1 heterocycles. The summed E-state index contributed by atoms with van der Waals surface area (Å²) >= 11 is 0. The minimum Gasteiger partial charge on any atom is -0.497 e. The summed E-state index contributed by atoms with van der Waals surface area (Å²) in [5.41, 5.74) is 1.00. The lowest BCUT2D eigenvalue weighted by Crippen LogP contribution is -2.51. The van der Waals surface area contributed by atoms with Crippen molar-refractivity contribution in [1.29, 1.82) is 0 Å². The third-order valence-electron chi connectivity index (χ3n) is 8.77. The smallest absolute Gasteiger partial charge is 0.322 e. The van der Waals surface area contributed by atoms with Gasteiger partial charge in [0, 0.05) is 19.0 Å². The number of aliphatic carboxylic acids is 2. The van der Waals surface area contributed by atoms with Gasteiger partial charge in [-0.05, 0) is 71.5 Å². The lowest BCUT2D eigenvalue weighted by atomic mass is 9.88. The molecule has 1 aliphatic rings. The summed E-state index contributed by atoms with van der Waals surface area (Å²) in [5.74, 6) is -3.16. The Morgan fingerprint density at radius 1 is 0.936 bits per heavy atom. The van der Waals surface area contributed by atoms with Crippen molar-refractivity contribution in [2.24, 2.45) is 5.92 Å². The average Bonchev–Trinajstić information content (AvgIpc) is 3.05. The molecule has 0 saturated heterocycles. The molecule has 0 amide bonds. The van der Waals surface area contributed by atoms with Gasteiger partial charge in [0.2, 0.25) is 20.0 Å². The minimum absolute atomic E-state index is 0.0356. The first kappa shape index (κ1) is 35.9. The maximum absolute atomic E-state index is 14.1.